The smallest absolute Gasteiger partial charge is 0.248 e. The average Bonchev–Trinajstić information content (AvgIpc) is 2.58. The minimum Gasteiger partial charge on any atom is -0.423 e. The van der Waals surface area contributed by atoms with Crippen LogP contribution < -0.4 is 0 Å². The maximum Gasteiger partial charge on any atom is 0.248 e. The SMILES string of the molecule is c1cncc(-c2nnco2)c1. The Kier molecular flexibility index (Phi) is 1.37. The van der Waals surface area contributed by atoms with Gasteiger partial charge in [-0.3, -0.25) is 4.98 Å². The lowest BCUT2D eigenvalue weighted by Gasteiger charge is -1.89. The number of hydrogen-bond acceptors (Lipinski definition) is 4. The lowest BCUT2D eigenvalue weighted by atomic mass is 10.3. The van der Waals surface area contributed by atoms with Crippen LogP contribution in [0.5, 0.6) is 0 Å². The van der Waals surface area contributed by atoms with Gasteiger partial charge in [-0.05, 0) is 12.1 Å². The molecule has 0 aromatic carbocycles. The third kappa shape index (κ3) is 1.10. The molecule has 0 unspecified atom stereocenters. The monoisotopic (exact) mass is 147 g/mol. The van der Waals surface area contributed by atoms with Crippen LogP contribution in [0.1, 0.15) is 0 Å². The van der Waals surface area contributed by atoms with Gasteiger partial charge in [0.05, 0.1) is 5.56 Å². The number of hydrogen-bond donors (Lipinski definition) is 0. The summed E-state index contributed by atoms with van der Waals surface area (Å²) in [6.45, 7) is 0. The number of pyridine rings is 1. The Bertz CT molecular complexity index is 317. The highest BCUT2D eigenvalue weighted by Gasteiger charge is 2.00. The molecule has 54 valence electrons. The highest BCUT2D eigenvalue weighted by atomic mass is 16.4. The van der Waals surface area contributed by atoms with Crippen LogP contribution >= 0.6 is 0 Å². The number of nitrogens with zero attached hydrogens (tertiary/aromatic N) is 3. The predicted octanol–water partition coefficient (Wildman–Crippen LogP) is 1.13. The van der Waals surface area contributed by atoms with E-state index < -0.39 is 0 Å². The van der Waals surface area contributed by atoms with Crippen LogP contribution in [0.15, 0.2) is 35.3 Å². The van der Waals surface area contributed by atoms with Gasteiger partial charge >= 0.3 is 0 Å². The van der Waals surface area contributed by atoms with E-state index >= 15 is 0 Å². The van der Waals surface area contributed by atoms with E-state index in [1.165, 1.54) is 6.39 Å². The average molecular weight is 147 g/mol. The third-order valence-electron chi connectivity index (χ3n) is 1.27. The molecule has 4 heteroatoms. The van der Waals surface area contributed by atoms with E-state index in [2.05, 4.69) is 15.2 Å². The van der Waals surface area contributed by atoms with Crippen molar-refractivity contribution >= 4 is 0 Å². The van der Waals surface area contributed by atoms with Crippen LogP contribution in [-0.2, 0) is 0 Å². The molecule has 0 aliphatic carbocycles. The van der Waals surface area contributed by atoms with Crippen molar-refractivity contribution in [3.05, 3.63) is 30.9 Å². The maximum atomic E-state index is 4.96. The molecule has 0 aliphatic heterocycles. The molecule has 0 spiro atoms. The summed E-state index contributed by atoms with van der Waals surface area (Å²) in [4.78, 5) is 3.91. The number of aromatic nitrogens is 3. The summed E-state index contributed by atoms with van der Waals surface area (Å²) < 4.78 is 4.96. The fourth-order valence-corrected chi connectivity index (χ4v) is 0.788. The Balaban J connectivity index is 2.46. The first-order valence-electron chi connectivity index (χ1n) is 3.13. The van der Waals surface area contributed by atoms with Gasteiger partial charge in [-0.2, -0.15) is 0 Å². The Morgan fingerprint density at radius 3 is 3.00 bits per heavy atom. The summed E-state index contributed by atoms with van der Waals surface area (Å²) in [7, 11) is 0. The zero-order valence-corrected chi connectivity index (χ0v) is 5.64. The molecule has 0 fully saturated rings. The summed E-state index contributed by atoms with van der Waals surface area (Å²) in [6.07, 6.45) is 4.66. The molecule has 2 aromatic rings. The second kappa shape index (κ2) is 2.49. The second-order valence-corrected chi connectivity index (χ2v) is 1.99. The van der Waals surface area contributed by atoms with Gasteiger partial charge in [0.25, 0.3) is 0 Å². The number of rotatable bonds is 1. The fraction of sp³-hybridized carbons (Fsp3) is 0. The van der Waals surface area contributed by atoms with Gasteiger partial charge in [0.2, 0.25) is 12.3 Å². The van der Waals surface area contributed by atoms with E-state index in [0.717, 1.165) is 5.56 Å². The second-order valence-electron chi connectivity index (χ2n) is 1.99. The third-order valence-corrected chi connectivity index (χ3v) is 1.27. The maximum absolute atomic E-state index is 4.96. The van der Waals surface area contributed by atoms with Gasteiger partial charge in [0.15, 0.2) is 0 Å². The first-order valence-corrected chi connectivity index (χ1v) is 3.13. The van der Waals surface area contributed by atoms with Crippen molar-refractivity contribution in [1.82, 2.24) is 15.2 Å². The quantitative estimate of drug-likeness (QED) is 0.606. The molecule has 11 heavy (non-hydrogen) atoms. The van der Waals surface area contributed by atoms with E-state index in [0.29, 0.717) is 5.89 Å². The standard InChI is InChI=1S/C7H5N3O/c1-2-6(4-8-3-1)7-10-9-5-11-7/h1-5H. The largest absolute Gasteiger partial charge is 0.423 e. The van der Waals surface area contributed by atoms with Gasteiger partial charge in [-0.25, -0.2) is 0 Å². The topological polar surface area (TPSA) is 51.8 Å². The van der Waals surface area contributed by atoms with E-state index in [9.17, 15) is 0 Å². The molecule has 0 atom stereocenters. The normalized spacial score (nSPS) is 9.82. The van der Waals surface area contributed by atoms with Crippen molar-refractivity contribution in [3.8, 4) is 11.5 Å². The lowest BCUT2D eigenvalue weighted by molar-refractivity contribution is 0.568. The van der Waals surface area contributed by atoms with E-state index in [-0.39, 0.29) is 0 Å². The van der Waals surface area contributed by atoms with Gasteiger partial charge in [0.1, 0.15) is 0 Å². The van der Waals surface area contributed by atoms with Crippen LogP contribution in [0.2, 0.25) is 0 Å². The summed E-state index contributed by atoms with van der Waals surface area (Å²) in [5.74, 6) is 0.498. The Hall–Kier alpha value is -1.71. The van der Waals surface area contributed by atoms with Crippen molar-refractivity contribution in [2.24, 2.45) is 0 Å². The highest BCUT2D eigenvalue weighted by molar-refractivity contribution is 5.49. The predicted molar refractivity (Wildman–Crippen MR) is 37.5 cm³/mol. The molecular weight excluding hydrogens is 142 g/mol. The Morgan fingerprint density at radius 2 is 2.36 bits per heavy atom. The van der Waals surface area contributed by atoms with E-state index in [4.69, 9.17) is 4.42 Å². The van der Waals surface area contributed by atoms with Crippen LogP contribution in [0.25, 0.3) is 11.5 Å². The van der Waals surface area contributed by atoms with Crippen molar-refractivity contribution in [2.45, 2.75) is 0 Å². The van der Waals surface area contributed by atoms with Crippen LogP contribution in [0, 0.1) is 0 Å². The molecule has 2 heterocycles. The minimum absolute atomic E-state index is 0.498. The highest BCUT2D eigenvalue weighted by Crippen LogP contribution is 2.12. The first-order chi connectivity index (χ1) is 5.47. The molecule has 0 amide bonds. The van der Waals surface area contributed by atoms with Crippen LogP contribution in [-0.4, -0.2) is 15.2 Å². The first kappa shape index (κ1) is 6.03. The zero-order chi connectivity index (χ0) is 7.52. The summed E-state index contributed by atoms with van der Waals surface area (Å²) in [6, 6.07) is 3.68. The molecular formula is C7H5N3O. The molecule has 2 aromatic heterocycles. The summed E-state index contributed by atoms with van der Waals surface area (Å²) >= 11 is 0. The Morgan fingerprint density at radius 1 is 1.36 bits per heavy atom. The van der Waals surface area contributed by atoms with Crippen molar-refractivity contribution in [2.75, 3.05) is 0 Å². The van der Waals surface area contributed by atoms with E-state index in [1.54, 1.807) is 12.4 Å². The lowest BCUT2D eigenvalue weighted by Crippen LogP contribution is -1.77. The molecule has 4 nitrogen and oxygen atoms in total. The molecule has 2 rings (SSSR count). The van der Waals surface area contributed by atoms with Crippen LogP contribution in [0.3, 0.4) is 0 Å². The molecule has 0 N–H and O–H groups in total. The van der Waals surface area contributed by atoms with Crippen molar-refractivity contribution < 1.29 is 4.42 Å². The summed E-state index contributed by atoms with van der Waals surface area (Å²) in [5, 5.41) is 7.28. The van der Waals surface area contributed by atoms with E-state index in [1.807, 2.05) is 12.1 Å². The van der Waals surface area contributed by atoms with Gasteiger partial charge in [0, 0.05) is 12.4 Å². The molecule has 0 aliphatic rings. The molecule has 0 bridgehead atoms. The Labute approximate surface area is 62.9 Å². The van der Waals surface area contributed by atoms with Gasteiger partial charge in [-0.15, -0.1) is 10.2 Å². The van der Waals surface area contributed by atoms with Crippen LogP contribution in [0.4, 0.5) is 0 Å². The molecule has 0 saturated heterocycles. The van der Waals surface area contributed by atoms with Crippen molar-refractivity contribution in [3.63, 3.8) is 0 Å². The summed E-state index contributed by atoms with van der Waals surface area (Å²) in [5.41, 5.74) is 0.838. The molecule has 0 radical (unpaired) electrons. The fourth-order valence-electron chi connectivity index (χ4n) is 0.788. The molecule has 0 saturated carbocycles. The minimum atomic E-state index is 0.498. The van der Waals surface area contributed by atoms with Gasteiger partial charge in [-0.1, -0.05) is 0 Å². The van der Waals surface area contributed by atoms with Crippen molar-refractivity contribution in [1.29, 1.82) is 0 Å². The zero-order valence-electron chi connectivity index (χ0n) is 5.64. The van der Waals surface area contributed by atoms with Gasteiger partial charge < -0.3 is 4.42 Å².